The van der Waals surface area contributed by atoms with Crippen molar-refractivity contribution in [2.45, 2.75) is 32.6 Å². The summed E-state index contributed by atoms with van der Waals surface area (Å²) in [6.07, 6.45) is 5.64. The van der Waals surface area contributed by atoms with Gasteiger partial charge < -0.3 is 10.1 Å². The third kappa shape index (κ3) is 4.88. The average Bonchev–Trinajstić information content (AvgIpc) is 3.23. The van der Waals surface area contributed by atoms with Crippen LogP contribution >= 0.6 is 0 Å². The molecular weight excluding hydrogens is 366 g/mol. The molecule has 1 amide bonds. The fourth-order valence-corrected chi connectivity index (χ4v) is 3.66. The minimum absolute atomic E-state index is 0.150. The lowest BCUT2D eigenvalue weighted by atomic mass is 10.1. The summed E-state index contributed by atoms with van der Waals surface area (Å²) in [7, 11) is 0. The minimum atomic E-state index is -0.150. The Labute approximate surface area is 170 Å². The van der Waals surface area contributed by atoms with Gasteiger partial charge in [0.15, 0.2) is 5.82 Å². The molecule has 2 unspecified atom stereocenters. The quantitative estimate of drug-likeness (QED) is 0.723. The number of amides is 1. The molecule has 0 saturated carbocycles. The van der Waals surface area contributed by atoms with E-state index in [1.807, 2.05) is 36.5 Å². The highest BCUT2D eigenvalue weighted by Crippen LogP contribution is 2.16. The van der Waals surface area contributed by atoms with E-state index in [0.29, 0.717) is 17.1 Å². The molecule has 150 valence electrons. The van der Waals surface area contributed by atoms with Crippen molar-refractivity contribution in [2.75, 3.05) is 18.4 Å². The van der Waals surface area contributed by atoms with Gasteiger partial charge in [-0.3, -0.25) is 9.69 Å². The zero-order valence-electron chi connectivity index (χ0n) is 16.7. The maximum Gasteiger partial charge on any atom is 0.255 e. The van der Waals surface area contributed by atoms with E-state index >= 15 is 0 Å². The fourth-order valence-electron chi connectivity index (χ4n) is 3.66. The van der Waals surface area contributed by atoms with Crippen LogP contribution in [0.5, 0.6) is 0 Å². The fraction of sp³-hybridized carbons (Fsp3) is 0.318. The first kappa shape index (κ1) is 19.3. The first-order valence-corrected chi connectivity index (χ1v) is 9.81. The van der Waals surface area contributed by atoms with E-state index in [1.54, 1.807) is 29.2 Å². The summed E-state index contributed by atoms with van der Waals surface area (Å²) in [5.74, 6) is 0.500. The molecule has 0 radical (unpaired) electrons. The van der Waals surface area contributed by atoms with Crippen molar-refractivity contribution in [1.82, 2.24) is 19.7 Å². The number of hydrogen-bond acceptors (Lipinski definition) is 5. The Morgan fingerprint density at radius 2 is 1.90 bits per heavy atom. The molecule has 1 saturated heterocycles. The second-order valence-electron chi connectivity index (χ2n) is 7.46. The second-order valence-corrected chi connectivity index (χ2v) is 7.46. The molecule has 1 aliphatic heterocycles. The number of nitrogens with one attached hydrogen (secondary N) is 1. The van der Waals surface area contributed by atoms with Crippen LogP contribution in [-0.4, -0.2) is 50.9 Å². The summed E-state index contributed by atoms with van der Waals surface area (Å²) in [5.41, 5.74) is 2.48. The molecule has 3 aromatic rings. The van der Waals surface area contributed by atoms with Crippen LogP contribution in [-0.2, 0) is 11.3 Å². The third-order valence-corrected chi connectivity index (χ3v) is 4.86. The van der Waals surface area contributed by atoms with Crippen LogP contribution in [0.4, 0.5) is 5.69 Å². The van der Waals surface area contributed by atoms with Gasteiger partial charge in [0, 0.05) is 55.5 Å². The smallest absolute Gasteiger partial charge is 0.255 e. The van der Waals surface area contributed by atoms with Crippen LogP contribution in [0, 0.1) is 0 Å². The lowest BCUT2D eigenvalue weighted by Crippen LogP contribution is -2.44. The summed E-state index contributed by atoms with van der Waals surface area (Å²) < 4.78 is 7.44. The van der Waals surface area contributed by atoms with Crippen LogP contribution in [0.3, 0.4) is 0 Å². The van der Waals surface area contributed by atoms with E-state index in [1.165, 1.54) is 5.56 Å². The van der Waals surface area contributed by atoms with Gasteiger partial charge in [-0.2, -0.15) is 5.10 Å². The Kier molecular flexibility index (Phi) is 5.69. The number of aromatic nitrogens is 3. The zero-order valence-corrected chi connectivity index (χ0v) is 16.7. The predicted molar refractivity (Wildman–Crippen MR) is 111 cm³/mol. The molecule has 2 atom stereocenters. The molecule has 1 fully saturated rings. The van der Waals surface area contributed by atoms with Gasteiger partial charge in [-0.05, 0) is 43.7 Å². The van der Waals surface area contributed by atoms with Gasteiger partial charge >= 0.3 is 0 Å². The summed E-state index contributed by atoms with van der Waals surface area (Å²) in [6, 6.07) is 13.1. The summed E-state index contributed by atoms with van der Waals surface area (Å²) >= 11 is 0. The van der Waals surface area contributed by atoms with Gasteiger partial charge in [-0.25, -0.2) is 9.67 Å². The van der Waals surface area contributed by atoms with Crippen molar-refractivity contribution >= 4 is 11.6 Å². The van der Waals surface area contributed by atoms with Crippen molar-refractivity contribution in [2.24, 2.45) is 0 Å². The molecule has 4 rings (SSSR count). The number of rotatable bonds is 5. The first-order chi connectivity index (χ1) is 14.1. The predicted octanol–water partition coefficient (Wildman–Crippen LogP) is 3.13. The molecule has 29 heavy (non-hydrogen) atoms. The molecule has 1 N–H and O–H groups in total. The van der Waals surface area contributed by atoms with E-state index in [4.69, 9.17) is 4.74 Å². The molecule has 1 aromatic carbocycles. The van der Waals surface area contributed by atoms with Crippen molar-refractivity contribution in [3.8, 4) is 5.82 Å². The maximum atomic E-state index is 12.6. The average molecular weight is 391 g/mol. The van der Waals surface area contributed by atoms with E-state index in [9.17, 15) is 4.79 Å². The Balaban J connectivity index is 1.39. The number of ether oxygens (including phenoxy) is 1. The van der Waals surface area contributed by atoms with Crippen molar-refractivity contribution in [1.29, 1.82) is 0 Å². The highest BCUT2D eigenvalue weighted by Gasteiger charge is 2.22. The number of hydrogen-bond donors (Lipinski definition) is 1. The molecule has 0 aliphatic carbocycles. The number of anilines is 1. The van der Waals surface area contributed by atoms with Crippen LogP contribution < -0.4 is 5.32 Å². The molecule has 7 nitrogen and oxygen atoms in total. The SMILES string of the molecule is CC1CN(Cc2ccc(C(=O)Nc3ccnc(-n4cccn4)c3)cc2)CC(C)O1. The van der Waals surface area contributed by atoms with Gasteiger partial charge in [-0.15, -0.1) is 0 Å². The Morgan fingerprint density at radius 3 is 2.59 bits per heavy atom. The number of benzene rings is 1. The summed E-state index contributed by atoms with van der Waals surface area (Å²) in [5, 5.41) is 7.09. The Hall–Kier alpha value is -3.03. The molecule has 2 aromatic heterocycles. The van der Waals surface area contributed by atoms with Gasteiger partial charge in [0.2, 0.25) is 0 Å². The van der Waals surface area contributed by atoms with Crippen molar-refractivity contribution < 1.29 is 9.53 Å². The Bertz CT molecular complexity index is 946. The van der Waals surface area contributed by atoms with Gasteiger partial charge in [0.25, 0.3) is 5.91 Å². The van der Waals surface area contributed by atoms with Crippen LogP contribution in [0.15, 0.2) is 61.1 Å². The number of morpholine rings is 1. The standard InChI is InChI=1S/C22H25N5O2/c1-16-13-26(14-17(2)29-16)15-18-4-6-19(7-5-18)22(28)25-20-8-10-23-21(12-20)27-11-3-9-24-27/h3-12,16-17H,13-15H2,1-2H3,(H,23,25,28). The highest BCUT2D eigenvalue weighted by atomic mass is 16.5. The monoisotopic (exact) mass is 391 g/mol. The maximum absolute atomic E-state index is 12.6. The summed E-state index contributed by atoms with van der Waals surface area (Å²) in [6.45, 7) is 6.91. The normalized spacial score (nSPS) is 19.8. The van der Waals surface area contributed by atoms with E-state index in [2.05, 4.69) is 34.1 Å². The van der Waals surface area contributed by atoms with E-state index in [0.717, 1.165) is 19.6 Å². The van der Waals surface area contributed by atoms with Crippen LogP contribution in [0.2, 0.25) is 0 Å². The highest BCUT2D eigenvalue weighted by molar-refractivity contribution is 6.04. The number of carbonyl (C=O) groups excluding carboxylic acids is 1. The Morgan fingerprint density at radius 1 is 1.14 bits per heavy atom. The van der Waals surface area contributed by atoms with Gasteiger partial charge in [0.05, 0.1) is 12.2 Å². The third-order valence-electron chi connectivity index (χ3n) is 4.86. The molecule has 7 heteroatoms. The van der Waals surface area contributed by atoms with Crippen LogP contribution in [0.1, 0.15) is 29.8 Å². The number of carbonyl (C=O) groups is 1. The van der Waals surface area contributed by atoms with Crippen molar-refractivity contribution in [3.05, 3.63) is 72.2 Å². The lowest BCUT2D eigenvalue weighted by molar-refractivity contribution is -0.0704. The van der Waals surface area contributed by atoms with E-state index < -0.39 is 0 Å². The number of pyridine rings is 1. The van der Waals surface area contributed by atoms with Crippen LogP contribution in [0.25, 0.3) is 5.82 Å². The first-order valence-electron chi connectivity index (χ1n) is 9.81. The molecule has 0 spiro atoms. The van der Waals surface area contributed by atoms with E-state index in [-0.39, 0.29) is 18.1 Å². The molecule has 1 aliphatic rings. The zero-order chi connectivity index (χ0) is 20.2. The van der Waals surface area contributed by atoms with Crippen molar-refractivity contribution in [3.63, 3.8) is 0 Å². The number of nitrogens with zero attached hydrogens (tertiary/aromatic N) is 4. The topological polar surface area (TPSA) is 72.3 Å². The van der Waals surface area contributed by atoms with Gasteiger partial charge in [-0.1, -0.05) is 12.1 Å². The largest absolute Gasteiger partial charge is 0.373 e. The molecule has 0 bridgehead atoms. The lowest BCUT2D eigenvalue weighted by Gasteiger charge is -2.35. The molecular formula is C22H25N5O2. The minimum Gasteiger partial charge on any atom is -0.373 e. The molecule has 3 heterocycles. The second kappa shape index (κ2) is 8.55. The van der Waals surface area contributed by atoms with Gasteiger partial charge in [0.1, 0.15) is 0 Å². The summed E-state index contributed by atoms with van der Waals surface area (Å²) in [4.78, 5) is 19.3.